The monoisotopic (exact) mass is 325 g/mol. The molecule has 0 fully saturated rings. The number of benzene rings is 1. The number of nitrogens with two attached hydrogens (primary N) is 2. The summed E-state index contributed by atoms with van der Waals surface area (Å²) in [6.45, 7) is 0. The second-order valence-corrected chi connectivity index (χ2v) is 5.33. The molecule has 1 aromatic heterocycles. The molecule has 0 radical (unpaired) electrons. The lowest BCUT2D eigenvalue weighted by Gasteiger charge is -2.13. The van der Waals surface area contributed by atoms with Gasteiger partial charge in [-0.25, -0.2) is 4.98 Å². The quantitative estimate of drug-likeness (QED) is 0.909. The fraction of sp³-hybridized carbons (Fsp3) is 0.154. The summed E-state index contributed by atoms with van der Waals surface area (Å²) in [6, 6.07) is 9.37. The van der Waals surface area contributed by atoms with Gasteiger partial charge in [0.05, 0.1) is 5.02 Å². The van der Waals surface area contributed by atoms with Gasteiger partial charge in [-0.15, -0.1) is 0 Å². The second-order valence-electron chi connectivity index (χ2n) is 4.07. The lowest BCUT2D eigenvalue weighted by molar-refractivity contribution is 0.721. The van der Waals surface area contributed by atoms with E-state index in [1.165, 1.54) is 0 Å². The zero-order chi connectivity index (χ0) is 13.1. The number of nitrogens with zero attached hydrogens (tertiary/aromatic N) is 1. The van der Waals surface area contributed by atoms with E-state index in [-0.39, 0.29) is 6.04 Å². The number of pyridine rings is 1. The molecule has 0 spiro atoms. The molecule has 0 saturated carbocycles. The summed E-state index contributed by atoms with van der Waals surface area (Å²) in [4.78, 5) is 3.96. The summed E-state index contributed by atoms with van der Waals surface area (Å²) in [5.74, 6) is 0.511. The maximum Gasteiger partial charge on any atom is 0.123 e. The summed E-state index contributed by atoms with van der Waals surface area (Å²) in [5, 5.41) is 0.680. The molecule has 0 saturated heterocycles. The maximum atomic E-state index is 6.17. The maximum absolute atomic E-state index is 6.17. The van der Waals surface area contributed by atoms with Gasteiger partial charge in [0.1, 0.15) is 5.82 Å². The molecule has 1 unspecified atom stereocenters. The van der Waals surface area contributed by atoms with E-state index in [1.54, 1.807) is 6.20 Å². The standard InChI is InChI=1S/C13H13BrClN3/c14-10-7-9(1-2-11(10)15)12(16)5-8-3-4-18-13(17)6-8/h1-4,6-7,12H,5,16H2,(H2,17,18). The highest BCUT2D eigenvalue weighted by molar-refractivity contribution is 9.10. The number of rotatable bonds is 3. The van der Waals surface area contributed by atoms with Gasteiger partial charge in [0, 0.05) is 16.7 Å². The van der Waals surface area contributed by atoms with Crippen LogP contribution in [0.1, 0.15) is 17.2 Å². The Morgan fingerprint density at radius 1 is 1.28 bits per heavy atom. The predicted octanol–water partition coefficient (Wildman–Crippen LogP) is 3.32. The van der Waals surface area contributed by atoms with E-state index in [4.69, 9.17) is 23.1 Å². The zero-order valence-corrected chi connectivity index (χ0v) is 11.9. The van der Waals surface area contributed by atoms with Crippen LogP contribution in [0, 0.1) is 0 Å². The normalized spacial score (nSPS) is 12.4. The van der Waals surface area contributed by atoms with Crippen LogP contribution in [0.3, 0.4) is 0 Å². The third-order valence-electron chi connectivity index (χ3n) is 2.67. The Bertz CT molecular complexity index is 560. The first-order valence-electron chi connectivity index (χ1n) is 5.47. The molecule has 18 heavy (non-hydrogen) atoms. The molecule has 0 aliphatic rings. The Kier molecular flexibility index (Phi) is 4.22. The van der Waals surface area contributed by atoms with Crippen LogP contribution < -0.4 is 11.5 Å². The van der Waals surface area contributed by atoms with Crippen LogP contribution in [0.15, 0.2) is 41.0 Å². The minimum absolute atomic E-state index is 0.0969. The molecule has 3 nitrogen and oxygen atoms in total. The molecule has 0 aliphatic heterocycles. The highest BCUT2D eigenvalue weighted by Crippen LogP contribution is 2.26. The van der Waals surface area contributed by atoms with E-state index in [2.05, 4.69) is 20.9 Å². The van der Waals surface area contributed by atoms with Crippen LogP contribution in [0.2, 0.25) is 5.02 Å². The Morgan fingerprint density at radius 2 is 2.06 bits per heavy atom. The first-order chi connectivity index (χ1) is 8.56. The predicted molar refractivity (Wildman–Crippen MR) is 78.4 cm³/mol. The third-order valence-corrected chi connectivity index (χ3v) is 3.89. The fourth-order valence-corrected chi connectivity index (χ4v) is 2.25. The molecule has 1 heterocycles. The molecular weight excluding hydrogens is 314 g/mol. The van der Waals surface area contributed by atoms with Gasteiger partial charge >= 0.3 is 0 Å². The smallest absolute Gasteiger partial charge is 0.123 e. The van der Waals surface area contributed by atoms with Crippen molar-refractivity contribution in [1.29, 1.82) is 0 Å². The number of nitrogen functional groups attached to an aromatic ring is 1. The van der Waals surface area contributed by atoms with Gasteiger partial charge < -0.3 is 11.5 Å². The van der Waals surface area contributed by atoms with Gasteiger partial charge in [0.15, 0.2) is 0 Å². The molecule has 0 bridgehead atoms. The van der Waals surface area contributed by atoms with Crippen LogP contribution in [-0.2, 0) is 6.42 Å². The number of halogens is 2. The summed E-state index contributed by atoms with van der Waals surface area (Å²) in [5.41, 5.74) is 13.9. The first-order valence-corrected chi connectivity index (χ1v) is 6.64. The van der Waals surface area contributed by atoms with Crippen LogP contribution >= 0.6 is 27.5 Å². The van der Waals surface area contributed by atoms with Crippen molar-refractivity contribution in [2.75, 3.05) is 5.73 Å². The Balaban J connectivity index is 2.16. The minimum atomic E-state index is -0.0969. The van der Waals surface area contributed by atoms with Crippen molar-refractivity contribution in [1.82, 2.24) is 4.98 Å². The molecule has 1 atom stereocenters. The number of hydrogen-bond donors (Lipinski definition) is 2. The SMILES string of the molecule is Nc1cc(CC(N)c2ccc(Cl)c(Br)c2)ccn1. The van der Waals surface area contributed by atoms with Gasteiger partial charge in [-0.3, -0.25) is 0 Å². The Labute approximate surface area is 119 Å². The van der Waals surface area contributed by atoms with Crippen molar-refractivity contribution in [3.05, 3.63) is 57.2 Å². The molecule has 0 aliphatic carbocycles. The van der Waals surface area contributed by atoms with E-state index in [0.29, 0.717) is 17.3 Å². The molecule has 1 aromatic carbocycles. The number of anilines is 1. The van der Waals surface area contributed by atoms with Crippen molar-refractivity contribution in [3.8, 4) is 0 Å². The van der Waals surface area contributed by atoms with Gasteiger partial charge in [-0.05, 0) is 57.7 Å². The van der Waals surface area contributed by atoms with Crippen molar-refractivity contribution < 1.29 is 0 Å². The van der Waals surface area contributed by atoms with Crippen molar-refractivity contribution in [2.24, 2.45) is 5.73 Å². The van der Waals surface area contributed by atoms with Crippen LogP contribution in [0.5, 0.6) is 0 Å². The topological polar surface area (TPSA) is 64.9 Å². The third kappa shape index (κ3) is 3.22. The summed E-state index contributed by atoms with van der Waals surface area (Å²) >= 11 is 9.35. The van der Waals surface area contributed by atoms with E-state index in [9.17, 15) is 0 Å². The van der Waals surface area contributed by atoms with E-state index in [0.717, 1.165) is 15.6 Å². The van der Waals surface area contributed by atoms with Crippen molar-refractivity contribution in [2.45, 2.75) is 12.5 Å². The van der Waals surface area contributed by atoms with Crippen molar-refractivity contribution >= 4 is 33.3 Å². The van der Waals surface area contributed by atoms with E-state index >= 15 is 0 Å². The number of aromatic nitrogens is 1. The largest absolute Gasteiger partial charge is 0.384 e. The first kappa shape index (κ1) is 13.3. The summed E-state index contributed by atoms with van der Waals surface area (Å²) in [6.07, 6.45) is 2.40. The van der Waals surface area contributed by atoms with Gasteiger partial charge in [-0.1, -0.05) is 17.7 Å². The molecule has 4 N–H and O–H groups in total. The summed E-state index contributed by atoms with van der Waals surface area (Å²) in [7, 11) is 0. The fourth-order valence-electron chi connectivity index (χ4n) is 1.74. The summed E-state index contributed by atoms with van der Waals surface area (Å²) < 4.78 is 0.853. The van der Waals surface area contributed by atoms with Crippen LogP contribution in [0.25, 0.3) is 0 Å². The zero-order valence-electron chi connectivity index (χ0n) is 9.61. The van der Waals surface area contributed by atoms with Crippen LogP contribution in [-0.4, -0.2) is 4.98 Å². The van der Waals surface area contributed by atoms with E-state index in [1.807, 2.05) is 30.3 Å². The Hall–Kier alpha value is -1.10. The lowest BCUT2D eigenvalue weighted by atomic mass is 10.0. The van der Waals surface area contributed by atoms with Gasteiger partial charge in [-0.2, -0.15) is 0 Å². The lowest BCUT2D eigenvalue weighted by Crippen LogP contribution is -2.13. The minimum Gasteiger partial charge on any atom is -0.384 e. The molecule has 0 amide bonds. The average Bonchev–Trinajstić information content (AvgIpc) is 2.32. The van der Waals surface area contributed by atoms with Crippen LogP contribution in [0.4, 0.5) is 5.82 Å². The van der Waals surface area contributed by atoms with Crippen molar-refractivity contribution in [3.63, 3.8) is 0 Å². The Morgan fingerprint density at radius 3 is 2.72 bits per heavy atom. The van der Waals surface area contributed by atoms with Gasteiger partial charge in [0.2, 0.25) is 0 Å². The molecule has 2 aromatic rings. The van der Waals surface area contributed by atoms with E-state index < -0.39 is 0 Å². The highest BCUT2D eigenvalue weighted by atomic mass is 79.9. The number of hydrogen-bond acceptors (Lipinski definition) is 3. The molecule has 5 heteroatoms. The van der Waals surface area contributed by atoms with Gasteiger partial charge in [0.25, 0.3) is 0 Å². The molecular formula is C13H13BrClN3. The highest BCUT2D eigenvalue weighted by Gasteiger charge is 2.09. The molecule has 94 valence electrons. The second kappa shape index (κ2) is 5.69. The molecule has 2 rings (SSSR count). The average molecular weight is 327 g/mol.